The van der Waals surface area contributed by atoms with Crippen LogP contribution >= 0.6 is 0 Å². The van der Waals surface area contributed by atoms with Gasteiger partial charge in [-0.25, -0.2) is 4.98 Å². The summed E-state index contributed by atoms with van der Waals surface area (Å²) in [6.07, 6.45) is 1.76. The number of nitrogens with two attached hydrogens (primary N) is 2. The summed E-state index contributed by atoms with van der Waals surface area (Å²) in [5, 5.41) is 0. The molecule has 0 aliphatic carbocycles. The molecule has 0 saturated carbocycles. The van der Waals surface area contributed by atoms with Crippen LogP contribution in [0.3, 0.4) is 0 Å². The minimum Gasteiger partial charge on any atom is -0.383 e. The van der Waals surface area contributed by atoms with E-state index in [4.69, 9.17) is 11.5 Å². The highest BCUT2D eigenvalue weighted by atomic mass is 14.8. The fraction of sp³-hybridized carbons (Fsp3) is 0.500. The Bertz CT molecular complexity index is 294. The number of aryl methyl sites for hydroxylation is 1. The Balaban J connectivity index is 3.05. The number of hydrogen-bond acceptors (Lipinski definition) is 3. The molecule has 1 rings (SSSR count). The Morgan fingerprint density at radius 1 is 1.38 bits per heavy atom. The summed E-state index contributed by atoms with van der Waals surface area (Å²) in [7, 11) is 0. The van der Waals surface area contributed by atoms with Gasteiger partial charge < -0.3 is 11.5 Å². The maximum Gasteiger partial charge on any atom is 0.128 e. The van der Waals surface area contributed by atoms with Crippen LogP contribution in [0.1, 0.15) is 31.0 Å². The Morgan fingerprint density at radius 2 is 2.00 bits per heavy atom. The van der Waals surface area contributed by atoms with E-state index in [1.165, 1.54) is 0 Å². The number of nitrogens with zero attached hydrogens (tertiary/aromatic N) is 1. The van der Waals surface area contributed by atoms with Crippen molar-refractivity contribution in [3.8, 4) is 0 Å². The molecule has 1 heterocycles. The van der Waals surface area contributed by atoms with Crippen molar-refractivity contribution in [3.05, 3.63) is 23.4 Å². The summed E-state index contributed by atoms with van der Waals surface area (Å²) in [4.78, 5) is 4.08. The lowest BCUT2D eigenvalue weighted by molar-refractivity contribution is 0.514. The molecule has 72 valence electrons. The summed E-state index contributed by atoms with van der Waals surface area (Å²) in [6.45, 7) is 6.14. The summed E-state index contributed by atoms with van der Waals surface area (Å²) >= 11 is 0. The van der Waals surface area contributed by atoms with E-state index in [0.29, 0.717) is 11.7 Å². The van der Waals surface area contributed by atoms with Gasteiger partial charge in [0.2, 0.25) is 0 Å². The molecule has 0 aliphatic heterocycles. The van der Waals surface area contributed by atoms with E-state index >= 15 is 0 Å². The highest BCUT2D eigenvalue weighted by Gasteiger charge is 2.13. The standard InChI is InChI=1S/C10H17N3/c1-6(2)9(11)8-4-7(3)5-13-10(8)12/h4-6,9H,11H2,1-3H3,(H2,12,13)/t9-/m1/s1. The third kappa shape index (κ3) is 2.18. The maximum atomic E-state index is 5.99. The van der Waals surface area contributed by atoms with Crippen LogP contribution in [0.15, 0.2) is 12.3 Å². The molecule has 0 aromatic carbocycles. The molecule has 13 heavy (non-hydrogen) atoms. The summed E-state index contributed by atoms with van der Waals surface area (Å²) in [6, 6.07) is 1.99. The molecule has 0 bridgehead atoms. The molecule has 0 unspecified atom stereocenters. The van der Waals surface area contributed by atoms with Crippen LogP contribution in [0.4, 0.5) is 5.82 Å². The molecule has 0 fully saturated rings. The van der Waals surface area contributed by atoms with Crippen molar-refractivity contribution >= 4 is 5.82 Å². The first-order valence-corrected chi connectivity index (χ1v) is 4.50. The summed E-state index contributed by atoms with van der Waals surface area (Å²) in [5.74, 6) is 0.928. The highest BCUT2D eigenvalue weighted by Crippen LogP contribution is 2.23. The third-order valence-electron chi connectivity index (χ3n) is 2.16. The lowest BCUT2D eigenvalue weighted by atomic mass is 9.97. The number of anilines is 1. The quantitative estimate of drug-likeness (QED) is 0.725. The van der Waals surface area contributed by atoms with Gasteiger partial charge in [-0.15, -0.1) is 0 Å². The van der Waals surface area contributed by atoms with E-state index < -0.39 is 0 Å². The van der Waals surface area contributed by atoms with Gasteiger partial charge in [-0.3, -0.25) is 0 Å². The van der Waals surface area contributed by atoms with E-state index in [9.17, 15) is 0 Å². The number of nitrogen functional groups attached to an aromatic ring is 1. The van der Waals surface area contributed by atoms with Crippen molar-refractivity contribution in [3.63, 3.8) is 0 Å². The normalized spacial score (nSPS) is 13.3. The molecule has 0 aliphatic rings. The Labute approximate surface area is 79.2 Å². The molecule has 3 nitrogen and oxygen atoms in total. The first kappa shape index (κ1) is 9.99. The number of pyridine rings is 1. The highest BCUT2D eigenvalue weighted by molar-refractivity contribution is 5.42. The van der Waals surface area contributed by atoms with Crippen molar-refractivity contribution in [2.24, 2.45) is 11.7 Å². The van der Waals surface area contributed by atoms with Gasteiger partial charge in [0.1, 0.15) is 5.82 Å². The number of aromatic nitrogens is 1. The van der Waals surface area contributed by atoms with Gasteiger partial charge >= 0.3 is 0 Å². The third-order valence-corrected chi connectivity index (χ3v) is 2.16. The Hall–Kier alpha value is -1.09. The van der Waals surface area contributed by atoms with E-state index in [1.807, 2.05) is 13.0 Å². The van der Waals surface area contributed by atoms with E-state index in [-0.39, 0.29) is 6.04 Å². The fourth-order valence-electron chi connectivity index (χ4n) is 1.23. The van der Waals surface area contributed by atoms with Crippen molar-refractivity contribution < 1.29 is 0 Å². The van der Waals surface area contributed by atoms with Gasteiger partial charge in [-0.1, -0.05) is 13.8 Å². The van der Waals surface area contributed by atoms with Gasteiger partial charge in [-0.05, 0) is 24.5 Å². The zero-order valence-corrected chi connectivity index (χ0v) is 8.41. The SMILES string of the molecule is Cc1cnc(N)c([C@H](N)C(C)C)c1. The molecular weight excluding hydrogens is 162 g/mol. The fourth-order valence-corrected chi connectivity index (χ4v) is 1.23. The van der Waals surface area contributed by atoms with E-state index in [1.54, 1.807) is 6.20 Å². The van der Waals surface area contributed by atoms with Crippen LogP contribution in [0, 0.1) is 12.8 Å². The van der Waals surface area contributed by atoms with Gasteiger partial charge in [0.05, 0.1) is 0 Å². The van der Waals surface area contributed by atoms with Gasteiger partial charge in [0, 0.05) is 17.8 Å². The molecule has 0 spiro atoms. The van der Waals surface area contributed by atoms with Crippen molar-refractivity contribution in [1.82, 2.24) is 4.98 Å². The molecule has 1 atom stereocenters. The lowest BCUT2D eigenvalue weighted by Crippen LogP contribution is -2.19. The van der Waals surface area contributed by atoms with Crippen molar-refractivity contribution in [2.75, 3.05) is 5.73 Å². The first-order valence-electron chi connectivity index (χ1n) is 4.50. The predicted molar refractivity (Wildman–Crippen MR) is 55.2 cm³/mol. The second-order valence-electron chi connectivity index (χ2n) is 3.76. The van der Waals surface area contributed by atoms with Crippen LogP contribution < -0.4 is 11.5 Å². The van der Waals surface area contributed by atoms with Gasteiger partial charge in [0.25, 0.3) is 0 Å². The van der Waals surface area contributed by atoms with Crippen LogP contribution in [0.25, 0.3) is 0 Å². The zero-order valence-electron chi connectivity index (χ0n) is 8.41. The molecule has 0 radical (unpaired) electrons. The second kappa shape index (κ2) is 3.75. The Kier molecular flexibility index (Phi) is 2.88. The van der Waals surface area contributed by atoms with E-state index in [2.05, 4.69) is 18.8 Å². The zero-order chi connectivity index (χ0) is 10.0. The maximum absolute atomic E-state index is 5.99. The lowest BCUT2D eigenvalue weighted by Gasteiger charge is -2.17. The predicted octanol–water partition coefficient (Wildman–Crippen LogP) is 1.63. The van der Waals surface area contributed by atoms with Crippen molar-refractivity contribution in [1.29, 1.82) is 0 Å². The molecule has 1 aromatic heterocycles. The Morgan fingerprint density at radius 3 is 2.54 bits per heavy atom. The monoisotopic (exact) mass is 179 g/mol. The van der Waals surface area contributed by atoms with Crippen LogP contribution in [-0.4, -0.2) is 4.98 Å². The molecule has 0 amide bonds. The summed E-state index contributed by atoms with van der Waals surface area (Å²) < 4.78 is 0. The first-order chi connectivity index (χ1) is 6.02. The smallest absolute Gasteiger partial charge is 0.128 e. The second-order valence-corrected chi connectivity index (χ2v) is 3.76. The largest absolute Gasteiger partial charge is 0.383 e. The van der Waals surface area contributed by atoms with Gasteiger partial charge in [0.15, 0.2) is 0 Å². The molecular formula is C10H17N3. The van der Waals surface area contributed by atoms with E-state index in [0.717, 1.165) is 11.1 Å². The van der Waals surface area contributed by atoms with Crippen molar-refractivity contribution in [2.45, 2.75) is 26.8 Å². The molecule has 0 saturated heterocycles. The molecule has 3 heteroatoms. The van der Waals surface area contributed by atoms with Gasteiger partial charge in [-0.2, -0.15) is 0 Å². The van der Waals surface area contributed by atoms with Crippen LogP contribution in [0.5, 0.6) is 0 Å². The average molecular weight is 179 g/mol. The van der Waals surface area contributed by atoms with Crippen LogP contribution in [-0.2, 0) is 0 Å². The average Bonchev–Trinajstić information content (AvgIpc) is 2.08. The summed E-state index contributed by atoms with van der Waals surface area (Å²) in [5.41, 5.74) is 13.8. The number of rotatable bonds is 2. The topological polar surface area (TPSA) is 64.9 Å². The number of hydrogen-bond donors (Lipinski definition) is 2. The minimum absolute atomic E-state index is 0.0209. The molecule has 4 N–H and O–H groups in total. The minimum atomic E-state index is -0.0209. The van der Waals surface area contributed by atoms with Crippen LogP contribution in [0.2, 0.25) is 0 Å². The molecule has 1 aromatic rings.